The number of esters is 1. The average Bonchev–Trinajstić information content (AvgIpc) is 3.00. The lowest BCUT2D eigenvalue weighted by Crippen LogP contribution is -2.61. The number of aryl methyl sites for hydroxylation is 1. The Hall–Kier alpha value is -2.57. The molecule has 0 spiro atoms. The molecule has 4 bridgehead atoms. The Bertz CT molecular complexity index is 1000. The highest BCUT2D eigenvalue weighted by molar-refractivity contribution is 5.84. The van der Waals surface area contributed by atoms with Crippen LogP contribution in [0.4, 0.5) is 0 Å². The van der Waals surface area contributed by atoms with Crippen LogP contribution in [0.2, 0.25) is 0 Å². The normalized spacial score (nSPS) is 30.4. The summed E-state index contributed by atoms with van der Waals surface area (Å²) in [6, 6.07) is 7.08. The summed E-state index contributed by atoms with van der Waals surface area (Å²) < 4.78 is 12.0. The average molecular weight is 412 g/mol. The van der Waals surface area contributed by atoms with E-state index in [4.69, 9.17) is 9.15 Å². The van der Waals surface area contributed by atoms with Gasteiger partial charge in [0, 0.05) is 12.1 Å². The zero-order chi connectivity index (χ0) is 20.9. The molecule has 6 rings (SSSR count). The molecular weight excluding hydrogens is 384 g/mol. The minimum Gasteiger partial charge on any atom is -0.452 e. The topological polar surface area (TPSA) is 90.5 Å². The predicted molar refractivity (Wildman–Crippen MR) is 110 cm³/mol. The summed E-state index contributed by atoms with van der Waals surface area (Å²) >= 11 is 0. The third-order valence-electron chi connectivity index (χ3n) is 7.22. The Labute approximate surface area is 174 Å². The van der Waals surface area contributed by atoms with Crippen molar-refractivity contribution in [2.75, 3.05) is 0 Å². The van der Waals surface area contributed by atoms with Gasteiger partial charge in [-0.2, -0.15) is 0 Å². The second kappa shape index (κ2) is 7.29. The van der Waals surface area contributed by atoms with E-state index in [-0.39, 0.29) is 24.4 Å². The standard InChI is InChI=1S/C23H28N2O5/c1-14(21(27)24-23-11-15-8-16(12-23)10-17(9-15)13-23)29-20(26)6-7-25-18-4-2-3-5-19(18)30-22(25)28/h2-5,14-17H,6-13H2,1H3,(H,24,27)/t14-,15?,16?,17?,23?/m0/s1. The third kappa shape index (κ3) is 3.55. The Morgan fingerprint density at radius 2 is 1.80 bits per heavy atom. The maximum absolute atomic E-state index is 12.8. The second-order valence-corrected chi connectivity index (χ2v) is 9.56. The number of nitrogens with one attached hydrogen (secondary N) is 1. The molecule has 7 nitrogen and oxygen atoms in total. The summed E-state index contributed by atoms with van der Waals surface area (Å²) in [5.74, 6) is 0.987. The van der Waals surface area contributed by atoms with Crippen molar-refractivity contribution in [1.82, 2.24) is 9.88 Å². The fraction of sp³-hybridized carbons (Fsp3) is 0.609. The van der Waals surface area contributed by atoms with E-state index in [0.717, 1.165) is 37.0 Å². The summed E-state index contributed by atoms with van der Waals surface area (Å²) in [6.45, 7) is 1.77. The van der Waals surface area contributed by atoms with Gasteiger partial charge in [-0.25, -0.2) is 4.79 Å². The highest BCUT2D eigenvalue weighted by Crippen LogP contribution is 2.55. The molecule has 1 N–H and O–H groups in total. The Morgan fingerprint density at radius 3 is 2.47 bits per heavy atom. The van der Waals surface area contributed by atoms with Gasteiger partial charge in [-0.1, -0.05) is 12.1 Å². The van der Waals surface area contributed by atoms with Crippen LogP contribution in [0.5, 0.6) is 0 Å². The molecule has 1 atom stereocenters. The molecule has 7 heteroatoms. The molecule has 1 amide bonds. The molecule has 0 saturated heterocycles. The van der Waals surface area contributed by atoms with E-state index in [0.29, 0.717) is 11.1 Å². The molecule has 4 aliphatic carbocycles. The minimum absolute atomic E-state index is 0.00157. The lowest BCUT2D eigenvalue weighted by molar-refractivity contribution is -0.156. The molecule has 1 aromatic heterocycles. The highest BCUT2D eigenvalue weighted by Gasteiger charge is 2.51. The van der Waals surface area contributed by atoms with Crippen molar-refractivity contribution >= 4 is 23.0 Å². The van der Waals surface area contributed by atoms with Crippen molar-refractivity contribution in [3.8, 4) is 0 Å². The zero-order valence-corrected chi connectivity index (χ0v) is 17.3. The molecule has 0 unspecified atom stereocenters. The second-order valence-electron chi connectivity index (χ2n) is 9.56. The number of carbonyl (C=O) groups is 2. The number of benzene rings is 1. The number of nitrogens with zero attached hydrogens (tertiary/aromatic N) is 1. The first-order chi connectivity index (χ1) is 14.4. The van der Waals surface area contributed by atoms with Gasteiger partial charge in [-0.3, -0.25) is 14.2 Å². The largest absolute Gasteiger partial charge is 0.452 e. The zero-order valence-electron chi connectivity index (χ0n) is 17.3. The molecule has 30 heavy (non-hydrogen) atoms. The van der Waals surface area contributed by atoms with Crippen molar-refractivity contribution in [3.63, 3.8) is 0 Å². The first kappa shape index (κ1) is 19.4. The van der Waals surface area contributed by atoms with Crippen LogP contribution in [0.3, 0.4) is 0 Å². The van der Waals surface area contributed by atoms with Crippen molar-refractivity contribution in [2.24, 2.45) is 17.8 Å². The smallest absolute Gasteiger partial charge is 0.419 e. The van der Waals surface area contributed by atoms with Gasteiger partial charge in [-0.15, -0.1) is 0 Å². The van der Waals surface area contributed by atoms with Crippen molar-refractivity contribution in [3.05, 3.63) is 34.8 Å². The maximum Gasteiger partial charge on any atom is 0.419 e. The highest BCUT2D eigenvalue weighted by atomic mass is 16.5. The predicted octanol–water partition coefficient (Wildman–Crippen LogP) is 3.00. The van der Waals surface area contributed by atoms with E-state index >= 15 is 0 Å². The molecule has 4 saturated carbocycles. The SMILES string of the molecule is C[C@H](OC(=O)CCn1c(=O)oc2ccccc21)C(=O)NC12CC3CC(CC(C3)C1)C2. The number of hydrogen-bond acceptors (Lipinski definition) is 5. The fourth-order valence-electron chi connectivity index (χ4n) is 6.37. The van der Waals surface area contributed by atoms with Crippen LogP contribution in [-0.4, -0.2) is 28.1 Å². The van der Waals surface area contributed by atoms with Gasteiger partial charge in [0.1, 0.15) is 0 Å². The monoisotopic (exact) mass is 412 g/mol. The summed E-state index contributed by atoms with van der Waals surface area (Å²) in [5, 5.41) is 3.25. The Morgan fingerprint density at radius 1 is 1.17 bits per heavy atom. The number of oxazole rings is 1. The lowest BCUT2D eigenvalue weighted by Gasteiger charge is -2.57. The van der Waals surface area contributed by atoms with Crippen LogP contribution in [0.15, 0.2) is 33.5 Å². The van der Waals surface area contributed by atoms with E-state index in [2.05, 4.69) is 5.32 Å². The van der Waals surface area contributed by atoms with Crippen LogP contribution >= 0.6 is 0 Å². The van der Waals surface area contributed by atoms with Gasteiger partial charge in [0.05, 0.1) is 11.9 Å². The van der Waals surface area contributed by atoms with Crippen molar-refractivity contribution < 1.29 is 18.7 Å². The van der Waals surface area contributed by atoms with Crippen LogP contribution < -0.4 is 11.1 Å². The number of amides is 1. The molecule has 160 valence electrons. The van der Waals surface area contributed by atoms with E-state index in [1.807, 2.05) is 6.07 Å². The summed E-state index contributed by atoms with van der Waals surface area (Å²) in [6.07, 6.45) is 6.25. The van der Waals surface area contributed by atoms with Crippen LogP contribution in [0.25, 0.3) is 11.1 Å². The van der Waals surface area contributed by atoms with Crippen LogP contribution in [0, 0.1) is 17.8 Å². The van der Waals surface area contributed by atoms with E-state index in [9.17, 15) is 14.4 Å². The van der Waals surface area contributed by atoms with E-state index in [1.165, 1.54) is 23.8 Å². The number of aromatic nitrogens is 1. The number of hydrogen-bond donors (Lipinski definition) is 1. The lowest BCUT2D eigenvalue weighted by atomic mass is 9.53. The number of rotatable bonds is 6. The molecule has 4 fully saturated rings. The number of ether oxygens (including phenoxy) is 1. The van der Waals surface area contributed by atoms with Crippen molar-refractivity contribution in [1.29, 1.82) is 0 Å². The van der Waals surface area contributed by atoms with Gasteiger partial charge in [0.15, 0.2) is 11.7 Å². The summed E-state index contributed by atoms with van der Waals surface area (Å²) in [7, 11) is 0. The Balaban J connectivity index is 1.17. The minimum atomic E-state index is -0.844. The first-order valence-corrected chi connectivity index (χ1v) is 11.0. The fourth-order valence-corrected chi connectivity index (χ4v) is 6.37. The number of carbonyl (C=O) groups excluding carboxylic acids is 2. The molecule has 1 aromatic carbocycles. The maximum atomic E-state index is 12.8. The number of fused-ring (bicyclic) bond motifs is 1. The third-order valence-corrected chi connectivity index (χ3v) is 7.22. The molecular formula is C23H28N2O5. The summed E-state index contributed by atoms with van der Waals surface area (Å²) in [5.41, 5.74) is 1.03. The molecule has 0 radical (unpaired) electrons. The van der Waals surface area contributed by atoms with Gasteiger partial charge >= 0.3 is 11.7 Å². The molecule has 2 aromatic rings. The van der Waals surface area contributed by atoms with Crippen molar-refractivity contribution in [2.45, 2.75) is 70.1 Å². The summed E-state index contributed by atoms with van der Waals surface area (Å²) in [4.78, 5) is 37.1. The Kier molecular flexibility index (Phi) is 4.71. The van der Waals surface area contributed by atoms with Gasteiger partial charge in [0.25, 0.3) is 5.91 Å². The first-order valence-electron chi connectivity index (χ1n) is 11.0. The van der Waals surface area contributed by atoms with Gasteiger partial charge in [0.2, 0.25) is 0 Å². The molecule has 4 aliphatic rings. The molecule has 1 heterocycles. The van der Waals surface area contributed by atoms with E-state index < -0.39 is 17.8 Å². The van der Waals surface area contributed by atoms with Gasteiger partial charge < -0.3 is 14.5 Å². The quantitative estimate of drug-likeness (QED) is 0.737. The van der Waals surface area contributed by atoms with Gasteiger partial charge in [-0.05, 0) is 75.3 Å². The van der Waals surface area contributed by atoms with E-state index in [1.54, 1.807) is 25.1 Å². The van der Waals surface area contributed by atoms with Crippen LogP contribution in [-0.2, 0) is 20.9 Å². The number of para-hydroxylation sites is 2. The molecule has 0 aliphatic heterocycles. The van der Waals surface area contributed by atoms with Crippen LogP contribution in [0.1, 0.15) is 51.9 Å².